The van der Waals surface area contributed by atoms with Gasteiger partial charge in [0.2, 0.25) is 10.0 Å². The number of amides is 1. The van der Waals surface area contributed by atoms with Gasteiger partial charge in [0.1, 0.15) is 0 Å². The molecule has 1 aromatic heterocycles. The summed E-state index contributed by atoms with van der Waals surface area (Å²) in [5.74, 6) is -0.469. The normalized spacial score (nSPS) is 11.1. The van der Waals surface area contributed by atoms with Crippen LogP contribution in [0.25, 0.3) is 0 Å². The van der Waals surface area contributed by atoms with Gasteiger partial charge in [0.05, 0.1) is 23.2 Å². The summed E-state index contributed by atoms with van der Waals surface area (Å²) < 4.78 is 25.2. The fourth-order valence-electron chi connectivity index (χ4n) is 1.61. The maximum Gasteiger partial charge on any atom is 0.253 e. The Morgan fingerprint density at radius 3 is 2.70 bits per heavy atom. The Kier molecular flexibility index (Phi) is 6.40. The van der Waals surface area contributed by atoms with Gasteiger partial charge < -0.3 is 10.6 Å². The molecule has 1 amide bonds. The number of hydrogen-bond donors (Lipinski definition) is 3. The van der Waals surface area contributed by atoms with Crippen molar-refractivity contribution in [1.82, 2.24) is 15.0 Å². The number of rotatable bonds is 8. The first-order valence-corrected chi connectivity index (χ1v) is 8.08. The molecule has 20 heavy (non-hydrogen) atoms. The number of nitrogens with zero attached hydrogens (tertiary/aromatic N) is 1. The summed E-state index contributed by atoms with van der Waals surface area (Å²) >= 11 is 0. The molecule has 7 nitrogen and oxygen atoms in total. The van der Waals surface area contributed by atoms with Gasteiger partial charge >= 0.3 is 0 Å². The summed E-state index contributed by atoms with van der Waals surface area (Å²) in [5, 5.41) is 5.62. The highest BCUT2D eigenvalue weighted by atomic mass is 32.2. The molecule has 1 rings (SSSR count). The first-order valence-electron chi connectivity index (χ1n) is 6.43. The van der Waals surface area contributed by atoms with Crippen LogP contribution in [0.2, 0.25) is 0 Å². The van der Waals surface area contributed by atoms with Crippen molar-refractivity contribution in [2.75, 3.05) is 30.7 Å². The number of sulfonamides is 1. The first kappa shape index (κ1) is 16.4. The van der Waals surface area contributed by atoms with Gasteiger partial charge in [-0.2, -0.15) is 0 Å². The molecule has 0 aliphatic carbocycles. The van der Waals surface area contributed by atoms with E-state index in [1.54, 1.807) is 19.2 Å². The Morgan fingerprint density at radius 1 is 1.30 bits per heavy atom. The number of anilines is 1. The number of carbonyl (C=O) groups excluding carboxylic acids is 1. The lowest BCUT2D eigenvalue weighted by Crippen LogP contribution is -2.34. The highest BCUT2D eigenvalue weighted by Gasteiger charge is 2.13. The molecular formula is C12H20N4O3S. The highest BCUT2D eigenvalue weighted by molar-refractivity contribution is 7.89. The van der Waals surface area contributed by atoms with E-state index in [4.69, 9.17) is 0 Å². The largest absolute Gasteiger partial charge is 0.383 e. The van der Waals surface area contributed by atoms with Crippen molar-refractivity contribution in [3.8, 4) is 0 Å². The van der Waals surface area contributed by atoms with E-state index in [2.05, 4.69) is 20.3 Å². The topological polar surface area (TPSA) is 100 Å². The van der Waals surface area contributed by atoms with Gasteiger partial charge in [-0.25, -0.2) is 13.1 Å². The number of carbonyl (C=O) groups is 1. The Balaban J connectivity index is 2.60. The average molecular weight is 300 g/mol. The van der Waals surface area contributed by atoms with E-state index in [1.807, 2.05) is 6.92 Å². The van der Waals surface area contributed by atoms with Crippen molar-refractivity contribution in [2.45, 2.75) is 13.8 Å². The summed E-state index contributed by atoms with van der Waals surface area (Å²) in [6, 6.07) is 1.59. The summed E-state index contributed by atoms with van der Waals surface area (Å²) in [5.41, 5.74) is 1.07. The van der Waals surface area contributed by atoms with Crippen LogP contribution in [-0.4, -0.2) is 44.7 Å². The Labute approximate surface area is 119 Å². The van der Waals surface area contributed by atoms with E-state index in [0.29, 0.717) is 24.3 Å². The molecule has 0 spiro atoms. The van der Waals surface area contributed by atoms with Crippen molar-refractivity contribution < 1.29 is 13.2 Å². The zero-order chi connectivity index (χ0) is 15.0. The van der Waals surface area contributed by atoms with Crippen LogP contribution in [0.5, 0.6) is 0 Å². The van der Waals surface area contributed by atoms with Gasteiger partial charge in [0, 0.05) is 25.8 Å². The fraction of sp³-hybridized carbons (Fsp3) is 0.500. The summed E-state index contributed by atoms with van der Waals surface area (Å²) in [6.45, 7) is 4.68. The van der Waals surface area contributed by atoms with E-state index in [9.17, 15) is 13.2 Å². The molecule has 112 valence electrons. The average Bonchev–Trinajstić information content (AvgIpc) is 2.39. The minimum atomic E-state index is -3.32. The zero-order valence-electron chi connectivity index (χ0n) is 11.6. The van der Waals surface area contributed by atoms with Crippen molar-refractivity contribution in [2.24, 2.45) is 0 Å². The van der Waals surface area contributed by atoms with Crippen molar-refractivity contribution in [3.05, 3.63) is 24.0 Å². The molecule has 0 saturated heterocycles. The van der Waals surface area contributed by atoms with Gasteiger partial charge in [0.25, 0.3) is 5.91 Å². The predicted molar refractivity (Wildman–Crippen MR) is 78.2 cm³/mol. The van der Waals surface area contributed by atoms with Gasteiger partial charge in [-0.1, -0.05) is 6.92 Å². The second-order valence-corrected chi connectivity index (χ2v) is 5.95. The molecule has 0 bridgehead atoms. The molecule has 1 aromatic rings. The standard InChI is InChI=1S/C12H20N4O3S/c1-3-14-11-9-13-6-5-10(11)12(17)15-7-8-20(18,19)16-4-2/h5-6,9,14,16H,3-4,7-8H2,1-2H3,(H,15,17). The smallest absolute Gasteiger partial charge is 0.253 e. The quantitative estimate of drug-likeness (QED) is 0.636. The zero-order valence-corrected chi connectivity index (χ0v) is 12.5. The van der Waals surface area contributed by atoms with Gasteiger partial charge in [-0.05, 0) is 13.0 Å². The maximum absolute atomic E-state index is 12.0. The van der Waals surface area contributed by atoms with Crippen LogP contribution in [-0.2, 0) is 10.0 Å². The summed E-state index contributed by atoms with van der Waals surface area (Å²) in [4.78, 5) is 15.9. The van der Waals surface area contributed by atoms with Crippen LogP contribution in [0.15, 0.2) is 18.5 Å². The fourth-order valence-corrected chi connectivity index (χ4v) is 2.56. The monoisotopic (exact) mass is 300 g/mol. The minimum absolute atomic E-state index is 0.0576. The minimum Gasteiger partial charge on any atom is -0.383 e. The molecule has 8 heteroatoms. The number of aromatic nitrogens is 1. The maximum atomic E-state index is 12.0. The van der Waals surface area contributed by atoms with E-state index in [1.165, 1.54) is 6.20 Å². The van der Waals surface area contributed by atoms with E-state index < -0.39 is 10.0 Å². The molecule has 0 fully saturated rings. The van der Waals surface area contributed by atoms with E-state index >= 15 is 0 Å². The second kappa shape index (κ2) is 7.81. The van der Waals surface area contributed by atoms with Crippen LogP contribution in [0.3, 0.4) is 0 Å². The summed E-state index contributed by atoms with van der Waals surface area (Å²) in [6.07, 6.45) is 3.08. The number of pyridine rings is 1. The molecule has 0 aromatic carbocycles. The number of hydrogen-bond acceptors (Lipinski definition) is 5. The van der Waals surface area contributed by atoms with E-state index in [-0.39, 0.29) is 18.2 Å². The Hall–Kier alpha value is -1.67. The van der Waals surface area contributed by atoms with Crippen LogP contribution in [0.4, 0.5) is 5.69 Å². The van der Waals surface area contributed by atoms with Crippen molar-refractivity contribution >= 4 is 21.6 Å². The third-order valence-corrected chi connectivity index (χ3v) is 3.92. The SMILES string of the molecule is CCNc1cnccc1C(=O)NCCS(=O)(=O)NCC. The van der Waals surface area contributed by atoms with Crippen LogP contribution in [0, 0.1) is 0 Å². The Morgan fingerprint density at radius 2 is 2.05 bits per heavy atom. The van der Waals surface area contributed by atoms with Gasteiger partial charge in [-0.15, -0.1) is 0 Å². The molecule has 1 heterocycles. The lowest BCUT2D eigenvalue weighted by Gasteiger charge is -2.10. The van der Waals surface area contributed by atoms with Crippen molar-refractivity contribution in [3.63, 3.8) is 0 Å². The second-order valence-electron chi connectivity index (χ2n) is 4.02. The molecule has 3 N–H and O–H groups in total. The van der Waals surface area contributed by atoms with E-state index in [0.717, 1.165) is 0 Å². The third kappa shape index (κ3) is 5.14. The molecule has 0 aliphatic rings. The van der Waals surface area contributed by atoms with Crippen LogP contribution >= 0.6 is 0 Å². The van der Waals surface area contributed by atoms with Crippen LogP contribution < -0.4 is 15.4 Å². The summed E-state index contributed by atoms with van der Waals surface area (Å²) in [7, 11) is -3.32. The van der Waals surface area contributed by atoms with Crippen molar-refractivity contribution in [1.29, 1.82) is 0 Å². The lowest BCUT2D eigenvalue weighted by molar-refractivity contribution is 0.0957. The molecular weight excluding hydrogens is 280 g/mol. The molecule has 0 unspecified atom stereocenters. The van der Waals surface area contributed by atoms with Crippen LogP contribution in [0.1, 0.15) is 24.2 Å². The molecule has 0 saturated carbocycles. The predicted octanol–water partition coefficient (Wildman–Crippen LogP) is 0.183. The molecule has 0 radical (unpaired) electrons. The Bertz CT molecular complexity index is 545. The molecule has 0 aliphatic heterocycles. The lowest BCUT2D eigenvalue weighted by atomic mass is 10.2. The number of nitrogens with one attached hydrogen (secondary N) is 3. The van der Waals surface area contributed by atoms with Gasteiger partial charge in [-0.3, -0.25) is 9.78 Å². The highest BCUT2D eigenvalue weighted by Crippen LogP contribution is 2.12. The first-order chi connectivity index (χ1) is 9.50. The van der Waals surface area contributed by atoms with Gasteiger partial charge in [0.15, 0.2) is 0 Å². The molecule has 0 atom stereocenters. The third-order valence-electron chi connectivity index (χ3n) is 2.45.